The van der Waals surface area contributed by atoms with E-state index < -0.39 is 0 Å². The lowest BCUT2D eigenvalue weighted by atomic mass is 9.88. The molecule has 0 saturated carbocycles. The van der Waals surface area contributed by atoms with Crippen LogP contribution in [0.4, 0.5) is 0 Å². The van der Waals surface area contributed by atoms with Crippen molar-refractivity contribution in [2.45, 2.75) is 33.6 Å². The first-order valence-electron chi connectivity index (χ1n) is 4.91. The van der Waals surface area contributed by atoms with Gasteiger partial charge < -0.3 is 4.57 Å². The van der Waals surface area contributed by atoms with Gasteiger partial charge in [0.2, 0.25) is 0 Å². The minimum Gasteiger partial charge on any atom is -0.338 e. The lowest BCUT2D eigenvalue weighted by Gasteiger charge is -2.15. The van der Waals surface area contributed by atoms with Crippen molar-refractivity contribution in [2.24, 2.45) is 12.5 Å². The molecule has 1 aromatic heterocycles. The van der Waals surface area contributed by atoms with Crippen LogP contribution in [0.5, 0.6) is 0 Å². The van der Waals surface area contributed by atoms with Gasteiger partial charge in [0.05, 0.1) is 0 Å². The van der Waals surface area contributed by atoms with E-state index in [0.29, 0.717) is 12.2 Å². The molecular formula is C11H18N2O. The van der Waals surface area contributed by atoms with Crippen LogP contribution in [0.25, 0.3) is 0 Å². The Morgan fingerprint density at radius 3 is 2.57 bits per heavy atom. The lowest BCUT2D eigenvalue weighted by Crippen LogP contribution is -2.20. The van der Waals surface area contributed by atoms with Crippen molar-refractivity contribution in [3.63, 3.8) is 0 Å². The van der Waals surface area contributed by atoms with Crippen molar-refractivity contribution >= 4 is 5.78 Å². The van der Waals surface area contributed by atoms with E-state index in [0.717, 1.165) is 12.2 Å². The van der Waals surface area contributed by atoms with E-state index in [-0.39, 0.29) is 5.41 Å². The number of hydrogen-bond donors (Lipinski definition) is 0. The number of nitrogens with zero attached hydrogens (tertiary/aromatic N) is 2. The number of aryl methyl sites for hydroxylation is 2. The summed E-state index contributed by atoms with van der Waals surface area (Å²) in [6, 6.07) is 0. The fourth-order valence-electron chi connectivity index (χ4n) is 1.24. The van der Waals surface area contributed by atoms with Crippen LogP contribution in [0.1, 0.15) is 33.0 Å². The number of imidazole rings is 1. The van der Waals surface area contributed by atoms with Crippen LogP contribution in [0.15, 0.2) is 12.4 Å². The normalized spacial score (nSPS) is 11.7. The Balaban J connectivity index is 2.50. The molecule has 0 bridgehead atoms. The molecule has 0 atom stereocenters. The van der Waals surface area contributed by atoms with Gasteiger partial charge in [0.25, 0.3) is 0 Å². The SMILES string of the molecule is Cn1ccnc1CCC(=O)C(C)(C)C. The first-order valence-corrected chi connectivity index (χ1v) is 4.91. The molecule has 0 aliphatic heterocycles. The maximum atomic E-state index is 11.6. The third kappa shape index (κ3) is 2.69. The van der Waals surface area contributed by atoms with E-state index >= 15 is 0 Å². The topological polar surface area (TPSA) is 34.9 Å². The molecule has 0 amide bonds. The van der Waals surface area contributed by atoms with Gasteiger partial charge in [0.1, 0.15) is 11.6 Å². The zero-order valence-electron chi connectivity index (χ0n) is 9.37. The summed E-state index contributed by atoms with van der Waals surface area (Å²) >= 11 is 0. The first-order chi connectivity index (χ1) is 6.41. The van der Waals surface area contributed by atoms with Crippen molar-refractivity contribution in [1.82, 2.24) is 9.55 Å². The van der Waals surface area contributed by atoms with Crippen LogP contribution in [0.3, 0.4) is 0 Å². The molecule has 3 nitrogen and oxygen atoms in total. The summed E-state index contributed by atoms with van der Waals surface area (Å²) in [4.78, 5) is 15.8. The van der Waals surface area contributed by atoms with Gasteiger partial charge >= 0.3 is 0 Å². The Labute approximate surface area is 85.2 Å². The molecule has 0 unspecified atom stereocenters. The predicted molar refractivity (Wildman–Crippen MR) is 56.0 cm³/mol. The molecule has 0 fully saturated rings. The second-order valence-electron chi connectivity index (χ2n) is 4.63. The van der Waals surface area contributed by atoms with Crippen molar-refractivity contribution in [2.75, 3.05) is 0 Å². The molecule has 78 valence electrons. The van der Waals surface area contributed by atoms with Crippen molar-refractivity contribution in [3.8, 4) is 0 Å². The van der Waals surface area contributed by atoms with E-state index in [1.165, 1.54) is 0 Å². The first kappa shape index (κ1) is 11.0. The molecule has 0 aliphatic carbocycles. The highest BCUT2D eigenvalue weighted by Crippen LogP contribution is 2.17. The fourth-order valence-corrected chi connectivity index (χ4v) is 1.24. The number of aromatic nitrogens is 2. The third-order valence-corrected chi connectivity index (χ3v) is 2.33. The summed E-state index contributed by atoms with van der Waals surface area (Å²) in [5, 5.41) is 0. The summed E-state index contributed by atoms with van der Waals surface area (Å²) < 4.78 is 1.95. The maximum Gasteiger partial charge on any atom is 0.138 e. The molecule has 1 heterocycles. The smallest absolute Gasteiger partial charge is 0.138 e. The molecule has 0 saturated heterocycles. The zero-order valence-corrected chi connectivity index (χ0v) is 9.37. The highest BCUT2D eigenvalue weighted by atomic mass is 16.1. The predicted octanol–water partition coefficient (Wildman–Crippen LogP) is 1.97. The van der Waals surface area contributed by atoms with Crippen LogP contribution in [-0.4, -0.2) is 15.3 Å². The van der Waals surface area contributed by atoms with Gasteiger partial charge in [-0.3, -0.25) is 4.79 Å². The summed E-state index contributed by atoms with van der Waals surface area (Å²) in [5.74, 6) is 1.27. The van der Waals surface area contributed by atoms with Gasteiger partial charge in [-0.15, -0.1) is 0 Å². The third-order valence-electron chi connectivity index (χ3n) is 2.33. The summed E-state index contributed by atoms with van der Waals surface area (Å²) in [5.41, 5.74) is -0.231. The number of hydrogen-bond acceptors (Lipinski definition) is 2. The highest BCUT2D eigenvalue weighted by Gasteiger charge is 2.20. The lowest BCUT2D eigenvalue weighted by molar-refractivity contribution is -0.126. The second-order valence-corrected chi connectivity index (χ2v) is 4.63. The number of carbonyl (C=O) groups is 1. The minimum absolute atomic E-state index is 0.231. The van der Waals surface area contributed by atoms with Gasteiger partial charge in [-0.05, 0) is 0 Å². The van der Waals surface area contributed by atoms with Gasteiger partial charge in [0, 0.05) is 37.7 Å². The number of rotatable bonds is 3. The van der Waals surface area contributed by atoms with Crippen molar-refractivity contribution in [3.05, 3.63) is 18.2 Å². The molecule has 1 rings (SSSR count). The van der Waals surface area contributed by atoms with Crippen LogP contribution in [-0.2, 0) is 18.3 Å². The van der Waals surface area contributed by atoms with Gasteiger partial charge in [-0.25, -0.2) is 4.98 Å². The van der Waals surface area contributed by atoms with E-state index in [1.54, 1.807) is 6.20 Å². The minimum atomic E-state index is -0.231. The Morgan fingerprint density at radius 2 is 2.14 bits per heavy atom. The molecule has 1 aromatic rings. The van der Waals surface area contributed by atoms with E-state index in [2.05, 4.69) is 4.98 Å². The van der Waals surface area contributed by atoms with E-state index in [4.69, 9.17) is 0 Å². The summed E-state index contributed by atoms with van der Waals surface area (Å²) in [6.07, 6.45) is 4.97. The molecule has 14 heavy (non-hydrogen) atoms. The quantitative estimate of drug-likeness (QED) is 0.737. The standard InChI is InChI=1S/C11H18N2O/c1-11(2,3)9(14)5-6-10-12-7-8-13(10)4/h7-8H,5-6H2,1-4H3. The monoisotopic (exact) mass is 194 g/mol. The summed E-state index contributed by atoms with van der Waals surface area (Å²) in [7, 11) is 1.95. The summed E-state index contributed by atoms with van der Waals surface area (Å²) in [6.45, 7) is 5.86. The molecule has 0 radical (unpaired) electrons. The average molecular weight is 194 g/mol. The molecular weight excluding hydrogens is 176 g/mol. The van der Waals surface area contributed by atoms with Crippen LogP contribution in [0, 0.1) is 5.41 Å². The maximum absolute atomic E-state index is 11.6. The van der Waals surface area contributed by atoms with Crippen molar-refractivity contribution < 1.29 is 4.79 Å². The molecule has 0 N–H and O–H groups in total. The van der Waals surface area contributed by atoms with Crippen LogP contribution >= 0.6 is 0 Å². The number of carbonyl (C=O) groups excluding carboxylic acids is 1. The van der Waals surface area contributed by atoms with Crippen molar-refractivity contribution in [1.29, 1.82) is 0 Å². The Bertz CT molecular complexity index is 320. The van der Waals surface area contributed by atoms with Crippen LogP contribution < -0.4 is 0 Å². The van der Waals surface area contributed by atoms with Gasteiger partial charge in [0.15, 0.2) is 0 Å². The number of ketones is 1. The van der Waals surface area contributed by atoms with Crippen LogP contribution in [0.2, 0.25) is 0 Å². The molecule has 3 heteroatoms. The van der Waals surface area contributed by atoms with E-state index in [1.807, 2.05) is 38.6 Å². The van der Waals surface area contributed by atoms with E-state index in [9.17, 15) is 4.79 Å². The Morgan fingerprint density at radius 1 is 1.50 bits per heavy atom. The zero-order chi connectivity index (χ0) is 10.8. The van der Waals surface area contributed by atoms with Gasteiger partial charge in [-0.1, -0.05) is 20.8 Å². The fraction of sp³-hybridized carbons (Fsp3) is 0.636. The Hall–Kier alpha value is -1.12. The Kier molecular flexibility index (Phi) is 3.09. The molecule has 0 aliphatic rings. The largest absolute Gasteiger partial charge is 0.338 e. The number of Topliss-reactive ketones (excluding diaryl/α,β-unsaturated/α-hetero) is 1. The molecule has 0 aromatic carbocycles. The van der Waals surface area contributed by atoms with Gasteiger partial charge in [-0.2, -0.15) is 0 Å². The average Bonchev–Trinajstić information content (AvgIpc) is 2.45. The second kappa shape index (κ2) is 3.95. The molecule has 0 spiro atoms. The highest BCUT2D eigenvalue weighted by molar-refractivity contribution is 5.83.